The minimum absolute atomic E-state index is 0.121. The molecule has 0 spiro atoms. The number of hydrogen-bond donors (Lipinski definition) is 2. The van der Waals surface area contributed by atoms with Gasteiger partial charge in [0.25, 0.3) is 0 Å². The molecule has 0 unspecified atom stereocenters. The summed E-state index contributed by atoms with van der Waals surface area (Å²) in [6.45, 7) is 0. The number of rotatable bonds is 1. The Morgan fingerprint density at radius 1 is 1.38 bits per heavy atom. The van der Waals surface area contributed by atoms with Crippen LogP contribution in [-0.4, -0.2) is 12.2 Å². The number of benzene rings is 1. The number of thiocarbonyl (C=S) groups is 1. The monoisotopic (exact) mass is 268 g/mol. The summed E-state index contributed by atoms with van der Waals surface area (Å²) in [5.74, 6) is 0. The lowest BCUT2D eigenvalue weighted by atomic mass is 10.2. The van der Waals surface area contributed by atoms with Crippen LogP contribution in [-0.2, 0) is 6.18 Å². The van der Waals surface area contributed by atoms with Gasteiger partial charge >= 0.3 is 6.18 Å². The molecule has 0 bridgehead atoms. The Labute approximate surface area is 101 Å². The van der Waals surface area contributed by atoms with E-state index in [2.05, 4.69) is 10.6 Å². The van der Waals surface area contributed by atoms with Gasteiger partial charge in [-0.15, -0.1) is 0 Å². The summed E-state index contributed by atoms with van der Waals surface area (Å²) in [4.78, 5) is 0. The summed E-state index contributed by atoms with van der Waals surface area (Å²) in [5, 5.41) is 4.94. The van der Waals surface area contributed by atoms with E-state index in [1.54, 1.807) is 7.05 Å². The molecule has 2 nitrogen and oxygen atoms in total. The third-order valence-electron chi connectivity index (χ3n) is 1.78. The van der Waals surface area contributed by atoms with Crippen LogP contribution in [0.5, 0.6) is 0 Å². The lowest BCUT2D eigenvalue weighted by Gasteiger charge is -2.13. The van der Waals surface area contributed by atoms with E-state index in [1.165, 1.54) is 12.1 Å². The predicted octanol–water partition coefficient (Wildman–Crippen LogP) is 3.28. The predicted molar refractivity (Wildman–Crippen MR) is 61.7 cm³/mol. The van der Waals surface area contributed by atoms with Crippen molar-refractivity contribution < 1.29 is 13.2 Å². The first kappa shape index (κ1) is 13.1. The maximum atomic E-state index is 12.5. The van der Waals surface area contributed by atoms with Gasteiger partial charge in [0.1, 0.15) is 0 Å². The second-order valence-electron chi connectivity index (χ2n) is 2.87. The summed E-state index contributed by atoms with van der Waals surface area (Å²) in [7, 11) is 1.55. The quantitative estimate of drug-likeness (QED) is 0.765. The van der Waals surface area contributed by atoms with Gasteiger partial charge in [0.2, 0.25) is 0 Å². The molecule has 1 rings (SSSR count). The normalized spacial score (nSPS) is 11.1. The summed E-state index contributed by atoms with van der Waals surface area (Å²) in [5.41, 5.74) is -0.770. The fraction of sp³-hybridized carbons (Fsp3) is 0.222. The van der Waals surface area contributed by atoms with Gasteiger partial charge in [-0.3, -0.25) is 0 Å². The Kier molecular flexibility index (Phi) is 3.98. The molecule has 1 aromatic rings. The first-order valence-corrected chi connectivity index (χ1v) is 4.99. The topological polar surface area (TPSA) is 24.1 Å². The van der Waals surface area contributed by atoms with Crippen molar-refractivity contribution in [3.05, 3.63) is 28.8 Å². The molecule has 1 aromatic carbocycles. The van der Waals surface area contributed by atoms with Crippen molar-refractivity contribution in [1.82, 2.24) is 5.32 Å². The minimum atomic E-state index is -4.48. The van der Waals surface area contributed by atoms with Crippen molar-refractivity contribution in [2.45, 2.75) is 6.18 Å². The molecule has 0 amide bonds. The van der Waals surface area contributed by atoms with Gasteiger partial charge in [-0.25, -0.2) is 0 Å². The number of hydrogen-bond acceptors (Lipinski definition) is 1. The zero-order chi connectivity index (χ0) is 12.3. The average Bonchev–Trinajstić information content (AvgIpc) is 2.19. The number of anilines is 1. The first-order valence-electron chi connectivity index (χ1n) is 4.20. The van der Waals surface area contributed by atoms with E-state index in [0.717, 1.165) is 6.07 Å². The lowest BCUT2D eigenvalue weighted by molar-refractivity contribution is -0.137. The molecule has 0 radical (unpaired) electrons. The maximum absolute atomic E-state index is 12.5. The van der Waals surface area contributed by atoms with Crippen molar-refractivity contribution in [1.29, 1.82) is 0 Å². The van der Waals surface area contributed by atoms with E-state index >= 15 is 0 Å². The molecule has 0 saturated carbocycles. The molecule has 2 N–H and O–H groups in total. The van der Waals surface area contributed by atoms with Crippen molar-refractivity contribution in [2.24, 2.45) is 0 Å². The molecule has 0 aliphatic carbocycles. The number of nitrogens with one attached hydrogen (secondary N) is 2. The van der Waals surface area contributed by atoms with Crippen LogP contribution in [0.4, 0.5) is 18.9 Å². The standard InChI is InChI=1S/C9H8ClF3N2S/c1-14-8(16)15-6-4-2-3-5(7(6)10)9(11,12)13/h2-4H,1H3,(H2,14,15,16). The van der Waals surface area contributed by atoms with E-state index in [1.807, 2.05) is 0 Å². The molecule has 0 heterocycles. The molecule has 0 aromatic heterocycles. The largest absolute Gasteiger partial charge is 0.417 e. The molecule has 16 heavy (non-hydrogen) atoms. The molecule has 0 fully saturated rings. The van der Waals surface area contributed by atoms with E-state index < -0.39 is 16.8 Å². The van der Waals surface area contributed by atoms with Crippen LogP contribution in [0.1, 0.15) is 5.56 Å². The fourth-order valence-corrected chi connectivity index (χ4v) is 1.42. The van der Waals surface area contributed by atoms with E-state index in [0.29, 0.717) is 0 Å². The van der Waals surface area contributed by atoms with Crippen LogP contribution in [0.3, 0.4) is 0 Å². The first-order chi connectivity index (χ1) is 7.36. The average molecular weight is 269 g/mol. The minimum Gasteiger partial charge on any atom is -0.366 e. The van der Waals surface area contributed by atoms with Gasteiger partial charge in [0, 0.05) is 7.05 Å². The van der Waals surface area contributed by atoms with Gasteiger partial charge in [-0.05, 0) is 24.4 Å². The summed E-state index contributed by atoms with van der Waals surface area (Å²) in [6, 6.07) is 3.59. The number of halogens is 4. The summed E-state index contributed by atoms with van der Waals surface area (Å²) in [6.07, 6.45) is -4.48. The van der Waals surface area contributed by atoms with E-state index in [9.17, 15) is 13.2 Å². The summed E-state index contributed by atoms with van der Waals surface area (Å²) >= 11 is 10.4. The molecule has 0 saturated heterocycles. The molecule has 0 aliphatic rings. The van der Waals surface area contributed by atoms with Crippen LogP contribution in [0.25, 0.3) is 0 Å². The Hall–Kier alpha value is -1.01. The van der Waals surface area contributed by atoms with Crippen LogP contribution < -0.4 is 10.6 Å². The lowest BCUT2D eigenvalue weighted by Crippen LogP contribution is -2.24. The van der Waals surface area contributed by atoms with E-state index in [4.69, 9.17) is 23.8 Å². The fourth-order valence-electron chi connectivity index (χ4n) is 1.03. The Morgan fingerprint density at radius 3 is 2.50 bits per heavy atom. The molecule has 7 heteroatoms. The SMILES string of the molecule is CNC(=S)Nc1cccc(C(F)(F)F)c1Cl. The highest BCUT2D eigenvalue weighted by Crippen LogP contribution is 2.38. The van der Waals surface area contributed by atoms with Gasteiger partial charge in [-0.1, -0.05) is 17.7 Å². The van der Waals surface area contributed by atoms with Crippen LogP contribution in [0.2, 0.25) is 5.02 Å². The third-order valence-corrected chi connectivity index (χ3v) is 2.49. The highest BCUT2D eigenvalue weighted by Gasteiger charge is 2.33. The molecule has 0 atom stereocenters. The van der Waals surface area contributed by atoms with Crippen molar-refractivity contribution in [3.63, 3.8) is 0 Å². The highest BCUT2D eigenvalue weighted by atomic mass is 35.5. The Morgan fingerprint density at radius 2 is 2.00 bits per heavy atom. The van der Waals surface area contributed by atoms with Gasteiger partial charge in [0.05, 0.1) is 16.3 Å². The van der Waals surface area contributed by atoms with Crippen LogP contribution in [0.15, 0.2) is 18.2 Å². The highest BCUT2D eigenvalue weighted by molar-refractivity contribution is 7.80. The Bertz CT molecular complexity index is 406. The number of alkyl halides is 3. The van der Waals surface area contributed by atoms with Gasteiger partial charge in [-0.2, -0.15) is 13.2 Å². The van der Waals surface area contributed by atoms with E-state index in [-0.39, 0.29) is 10.8 Å². The smallest absolute Gasteiger partial charge is 0.366 e. The second-order valence-corrected chi connectivity index (χ2v) is 3.66. The van der Waals surface area contributed by atoms with Gasteiger partial charge in [0.15, 0.2) is 5.11 Å². The zero-order valence-corrected chi connectivity index (χ0v) is 9.72. The van der Waals surface area contributed by atoms with Crippen molar-refractivity contribution in [3.8, 4) is 0 Å². The summed E-state index contributed by atoms with van der Waals surface area (Å²) < 4.78 is 37.5. The zero-order valence-electron chi connectivity index (χ0n) is 8.15. The van der Waals surface area contributed by atoms with Crippen molar-refractivity contribution in [2.75, 3.05) is 12.4 Å². The van der Waals surface area contributed by atoms with Gasteiger partial charge < -0.3 is 10.6 Å². The molecular weight excluding hydrogens is 261 g/mol. The second kappa shape index (κ2) is 4.88. The Balaban J connectivity index is 3.09. The maximum Gasteiger partial charge on any atom is 0.417 e. The van der Waals surface area contributed by atoms with Crippen molar-refractivity contribution >= 4 is 34.6 Å². The van der Waals surface area contributed by atoms with Crippen LogP contribution >= 0.6 is 23.8 Å². The molecular formula is C9H8ClF3N2S. The molecule has 88 valence electrons. The van der Waals surface area contributed by atoms with Crippen LogP contribution in [0, 0.1) is 0 Å². The third kappa shape index (κ3) is 2.99. The molecule has 0 aliphatic heterocycles.